The Morgan fingerprint density at radius 3 is 2.87 bits per heavy atom. The molecule has 0 radical (unpaired) electrons. The molecule has 0 amide bonds. The zero-order valence-corrected chi connectivity index (χ0v) is 13.8. The third-order valence-electron chi connectivity index (χ3n) is 3.92. The van der Waals surface area contributed by atoms with Gasteiger partial charge in [-0.3, -0.25) is 4.57 Å². The van der Waals surface area contributed by atoms with Crippen LogP contribution in [0.5, 0.6) is 0 Å². The third kappa shape index (κ3) is 3.32. The third-order valence-corrected chi connectivity index (χ3v) is 5.34. The molecule has 1 atom stereocenters. The molecule has 0 spiro atoms. The Kier molecular flexibility index (Phi) is 4.28. The maximum absolute atomic E-state index is 12.4. The van der Waals surface area contributed by atoms with E-state index in [0.717, 1.165) is 6.54 Å². The van der Waals surface area contributed by atoms with Crippen LogP contribution in [0.4, 0.5) is 0 Å². The summed E-state index contributed by atoms with van der Waals surface area (Å²) in [5.74, 6) is -0.527. The summed E-state index contributed by atoms with van der Waals surface area (Å²) in [5, 5.41) is 0. The van der Waals surface area contributed by atoms with Crippen molar-refractivity contribution in [1.29, 1.82) is 0 Å². The van der Waals surface area contributed by atoms with Crippen LogP contribution in [0.1, 0.15) is 0 Å². The molecule has 1 saturated heterocycles. The van der Waals surface area contributed by atoms with E-state index in [1.807, 2.05) is 7.05 Å². The largest absolute Gasteiger partial charge is 0.419 e. The van der Waals surface area contributed by atoms with Gasteiger partial charge >= 0.3 is 5.76 Å². The Labute approximate surface area is 133 Å². The lowest BCUT2D eigenvalue weighted by Gasteiger charge is -2.30. The lowest BCUT2D eigenvalue weighted by molar-refractivity contribution is -0.0156. The Morgan fingerprint density at radius 1 is 1.35 bits per heavy atom. The number of nitrogens with zero attached hydrogens (tertiary/aromatic N) is 2. The van der Waals surface area contributed by atoms with Crippen molar-refractivity contribution in [3.8, 4) is 0 Å². The fraction of sp³-hybridized carbons (Fsp3) is 0.500. The van der Waals surface area contributed by atoms with Crippen molar-refractivity contribution in [2.75, 3.05) is 33.3 Å². The van der Waals surface area contributed by atoms with Crippen molar-refractivity contribution in [1.82, 2.24) is 14.2 Å². The predicted molar refractivity (Wildman–Crippen MR) is 83.9 cm³/mol. The van der Waals surface area contributed by atoms with E-state index in [2.05, 4.69) is 9.62 Å². The van der Waals surface area contributed by atoms with Crippen molar-refractivity contribution in [3.05, 3.63) is 28.7 Å². The maximum atomic E-state index is 12.4. The highest BCUT2D eigenvalue weighted by Crippen LogP contribution is 2.18. The van der Waals surface area contributed by atoms with Crippen LogP contribution in [-0.2, 0) is 21.8 Å². The van der Waals surface area contributed by atoms with E-state index in [-0.39, 0.29) is 23.1 Å². The normalized spacial score (nSPS) is 20.2. The lowest BCUT2D eigenvalue weighted by Crippen LogP contribution is -2.45. The van der Waals surface area contributed by atoms with Crippen LogP contribution in [0.3, 0.4) is 0 Å². The zero-order valence-electron chi connectivity index (χ0n) is 13.0. The summed E-state index contributed by atoms with van der Waals surface area (Å²) in [7, 11) is -0.157. The standard InChI is InChI=1S/C14H19N3O5S/c1-16-5-6-21-10(9-16)8-15-23(19,20)11-3-4-12-13(7-11)22-14(18)17(12)2/h3-4,7,10,15H,5-6,8-9H2,1-2H3. The minimum atomic E-state index is -3.69. The Bertz CT molecular complexity index is 870. The first-order chi connectivity index (χ1) is 10.9. The average molecular weight is 341 g/mol. The molecule has 126 valence electrons. The summed E-state index contributed by atoms with van der Waals surface area (Å²) >= 11 is 0. The van der Waals surface area contributed by atoms with Gasteiger partial charge in [0.15, 0.2) is 5.58 Å². The smallest absolute Gasteiger partial charge is 0.408 e. The van der Waals surface area contributed by atoms with Crippen molar-refractivity contribution < 1.29 is 17.6 Å². The fourth-order valence-corrected chi connectivity index (χ4v) is 3.64. The highest BCUT2D eigenvalue weighted by atomic mass is 32.2. The van der Waals surface area contributed by atoms with Gasteiger partial charge in [-0.1, -0.05) is 0 Å². The van der Waals surface area contributed by atoms with Crippen LogP contribution >= 0.6 is 0 Å². The second-order valence-corrected chi connectivity index (χ2v) is 7.43. The van der Waals surface area contributed by atoms with Gasteiger partial charge in [0, 0.05) is 32.7 Å². The lowest BCUT2D eigenvalue weighted by atomic mass is 10.3. The number of hydrogen-bond donors (Lipinski definition) is 1. The van der Waals surface area contributed by atoms with Crippen LogP contribution in [0, 0.1) is 0 Å². The van der Waals surface area contributed by atoms with Crippen LogP contribution in [0.2, 0.25) is 0 Å². The topological polar surface area (TPSA) is 93.8 Å². The molecule has 0 bridgehead atoms. The monoisotopic (exact) mass is 341 g/mol. The highest BCUT2D eigenvalue weighted by molar-refractivity contribution is 7.89. The van der Waals surface area contributed by atoms with E-state index >= 15 is 0 Å². The molecule has 9 heteroatoms. The second kappa shape index (κ2) is 6.08. The highest BCUT2D eigenvalue weighted by Gasteiger charge is 2.22. The maximum Gasteiger partial charge on any atom is 0.419 e. The number of rotatable bonds is 4. The van der Waals surface area contributed by atoms with E-state index in [9.17, 15) is 13.2 Å². The molecule has 0 aliphatic carbocycles. The SMILES string of the molecule is CN1CCOC(CNS(=O)(=O)c2ccc3c(c2)oc(=O)n3C)C1. The summed E-state index contributed by atoms with van der Waals surface area (Å²) < 4.78 is 39.2. The second-order valence-electron chi connectivity index (χ2n) is 5.66. The number of nitrogens with one attached hydrogen (secondary N) is 1. The molecule has 1 N–H and O–H groups in total. The van der Waals surface area contributed by atoms with Gasteiger partial charge in [0.05, 0.1) is 23.1 Å². The number of likely N-dealkylation sites (N-methyl/N-ethyl adjacent to an activating group) is 1. The van der Waals surface area contributed by atoms with Crippen LogP contribution in [0.25, 0.3) is 11.1 Å². The van der Waals surface area contributed by atoms with Crippen molar-refractivity contribution in [3.63, 3.8) is 0 Å². The molecule has 1 unspecified atom stereocenters. The van der Waals surface area contributed by atoms with E-state index in [4.69, 9.17) is 9.15 Å². The first-order valence-corrected chi connectivity index (χ1v) is 8.74. The summed E-state index contributed by atoms with van der Waals surface area (Å²) in [6.45, 7) is 2.30. The minimum Gasteiger partial charge on any atom is -0.408 e. The number of aromatic nitrogens is 1. The van der Waals surface area contributed by atoms with E-state index < -0.39 is 15.8 Å². The molecule has 1 aliphatic heterocycles. The molecule has 1 aliphatic rings. The van der Waals surface area contributed by atoms with Gasteiger partial charge < -0.3 is 14.1 Å². The van der Waals surface area contributed by atoms with Gasteiger partial charge in [0.25, 0.3) is 0 Å². The number of oxazole rings is 1. The molecule has 3 rings (SSSR count). The van der Waals surface area contributed by atoms with Crippen LogP contribution in [-0.4, -0.2) is 57.3 Å². The number of sulfonamides is 1. The van der Waals surface area contributed by atoms with Gasteiger partial charge in [-0.25, -0.2) is 17.9 Å². The molecule has 8 nitrogen and oxygen atoms in total. The molecule has 23 heavy (non-hydrogen) atoms. The van der Waals surface area contributed by atoms with E-state index in [1.54, 1.807) is 13.1 Å². The molecule has 1 aromatic heterocycles. The predicted octanol–water partition coefficient (Wildman–Crippen LogP) is -0.260. The molecule has 0 saturated carbocycles. The van der Waals surface area contributed by atoms with Gasteiger partial charge in [-0.15, -0.1) is 0 Å². The quantitative estimate of drug-likeness (QED) is 0.823. The van der Waals surface area contributed by atoms with Gasteiger partial charge in [-0.05, 0) is 19.2 Å². The van der Waals surface area contributed by atoms with Crippen molar-refractivity contribution in [2.24, 2.45) is 7.05 Å². The Balaban J connectivity index is 1.78. The number of morpholine rings is 1. The fourth-order valence-electron chi connectivity index (χ4n) is 2.56. The van der Waals surface area contributed by atoms with Gasteiger partial charge in [-0.2, -0.15) is 0 Å². The molecule has 1 fully saturated rings. The number of fused-ring (bicyclic) bond motifs is 1. The summed E-state index contributed by atoms with van der Waals surface area (Å²) in [5.41, 5.74) is 0.792. The summed E-state index contributed by atoms with van der Waals surface area (Å²) in [4.78, 5) is 13.6. The minimum absolute atomic E-state index is 0.0588. The van der Waals surface area contributed by atoms with Crippen LogP contribution < -0.4 is 10.5 Å². The van der Waals surface area contributed by atoms with Gasteiger partial charge in [0.2, 0.25) is 10.0 Å². The first-order valence-electron chi connectivity index (χ1n) is 7.26. The molecule has 1 aromatic carbocycles. The van der Waals surface area contributed by atoms with E-state index in [1.165, 1.54) is 16.7 Å². The summed E-state index contributed by atoms with van der Waals surface area (Å²) in [6, 6.07) is 4.36. The first kappa shape index (κ1) is 16.2. The number of hydrogen-bond acceptors (Lipinski definition) is 6. The number of aryl methyl sites for hydroxylation is 1. The van der Waals surface area contributed by atoms with Crippen molar-refractivity contribution >= 4 is 21.1 Å². The van der Waals surface area contributed by atoms with Gasteiger partial charge in [0.1, 0.15) is 0 Å². The molecular formula is C14H19N3O5S. The molecule has 2 aromatic rings. The summed E-state index contributed by atoms with van der Waals surface area (Å²) in [6.07, 6.45) is -0.179. The molecular weight excluding hydrogens is 322 g/mol. The Hall–Kier alpha value is -1.68. The number of benzene rings is 1. The molecule has 2 heterocycles. The average Bonchev–Trinajstić information content (AvgIpc) is 2.80. The van der Waals surface area contributed by atoms with Crippen LogP contribution in [0.15, 0.2) is 32.3 Å². The van der Waals surface area contributed by atoms with Crippen molar-refractivity contribution in [2.45, 2.75) is 11.0 Å². The zero-order chi connectivity index (χ0) is 16.6. The number of ether oxygens (including phenoxy) is 1. The Morgan fingerprint density at radius 2 is 2.13 bits per heavy atom. The van der Waals surface area contributed by atoms with E-state index in [0.29, 0.717) is 18.7 Å².